The summed E-state index contributed by atoms with van der Waals surface area (Å²) in [6.07, 6.45) is -0.614. The van der Waals surface area contributed by atoms with Gasteiger partial charge in [0, 0.05) is 17.2 Å². The van der Waals surface area contributed by atoms with Gasteiger partial charge >= 0.3 is 12.1 Å². The third-order valence-corrected chi connectivity index (χ3v) is 6.24. The molecule has 0 heterocycles. The molecule has 0 bridgehead atoms. The molecule has 3 amide bonds. The number of amides is 3. The number of ether oxygens (including phenoxy) is 1. The van der Waals surface area contributed by atoms with Gasteiger partial charge < -0.3 is 15.2 Å². The second kappa shape index (κ2) is 12.8. The van der Waals surface area contributed by atoms with Crippen LogP contribution in [0.4, 0.5) is 14.9 Å². The summed E-state index contributed by atoms with van der Waals surface area (Å²) in [5, 5.41) is 12.3. The quantitative estimate of drug-likeness (QED) is 0.298. The molecule has 3 rings (SSSR count). The molecule has 3 aromatic carbocycles. The lowest BCUT2D eigenvalue weighted by molar-refractivity contribution is -0.147. The molecule has 0 saturated heterocycles. The third kappa shape index (κ3) is 8.48. The predicted octanol–water partition coefficient (Wildman–Crippen LogP) is 6.25. The van der Waals surface area contributed by atoms with E-state index in [1.165, 1.54) is 50.2 Å². The van der Waals surface area contributed by atoms with Crippen LogP contribution in [-0.4, -0.2) is 40.6 Å². The van der Waals surface area contributed by atoms with Gasteiger partial charge in [0.15, 0.2) is 0 Å². The minimum Gasteiger partial charge on any atom is -0.481 e. The summed E-state index contributed by atoms with van der Waals surface area (Å²) in [6, 6.07) is 19.5. The summed E-state index contributed by atoms with van der Waals surface area (Å²) in [5.41, 5.74) is -1.37. The van der Waals surface area contributed by atoms with Crippen molar-refractivity contribution < 1.29 is 33.4 Å². The molecule has 1 atom stereocenters. The van der Waals surface area contributed by atoms with E-state index < -0.39 is 46.8 Å². The number of imide groups is 1. The van der Waals surface area contributed by atoms with Gasteiger partial charge in [-0.15, -0.1) is 0 Å². The Hall–Kier alpha value is -4.53. The number of benzene rings is 3. The Morgan fingerprint density at radius 3 is 1.80 bits per heavy atom. The minimum absolute atomic E-state index is 0.0378. The van der Waals surface area contributed by atoms with Crippen LogP contribution in [0.5, 0.6) is 0 Å². The van der Waals surface area contributed by atoms with Crippen LogP contribution in [0.1, 0.15) is 67.3 Å². The second-order valence-electron chi connectivity index (χ2n) is 11.4. The molecular weight excluding hydrogens is 527 g/mol. The van der Waals surface area contributed by atoms with E-state index in [9.17, 15) is 24.3 Å². The highest BCUT2D eigenvalue weighted by Crippen LogP contribution is 2.28. The van der Waals surface area contributed by atoms with Crippen molar-refractivity contribution in [3.63, 3.8) is 0 Å². The summed E-state index contributed by atoms with van der Waals surface area (Å²) < 4.78 is 21.0. The fraction of sp³-hybridized carbons (Fsp3) is 0.312. The van der Waals surface area contributed by atoms with Crippen LogP contribution in [-0.2, 0) is 16.0 Å². The molecule has 216 valence electrons. The molecule has 0 spiro atoms. The molecule has 0 radical (unpaired) electrons. The molecule has 9 heteroatoms. The third-order valence-electron chi connectivity index (χ3n) is 6.24. The van der Waals surface area contributed by atoms with E-state index >= 15 is 4.39 Å². The van der Waals surface area contributed by atoms with E-state index in [2.05, 4.69) is 5.32 Å². The van der Waals surface area contributed by atoms with Crippen molar-refractivity contribution in [3.05, 3.63) is 101 Å². The summed E-state index contributed by atoms with van der Waals surface area (Å²) in [4.78, 5) is 52.0. The standard InChI is InChI=1S/C32H35FN2O6/c1-31(2,3)41-30(40)34-24(20-32(4,5)29(38)39)18-21-16-17-26(25(33)19-21)35(27(36)22-12-8-6-9-13-22)28(37)23-14-10-7-11-15-23/h6-17,19,24H,18,20H2,1-5H3,(H,34,40)(H,38,39). The van der Waals surface area contributed by atoms with Gasteiger partial charge in [-0.2, -0.15) is 0 Å². The summed E-state index contributed by atoms with van der Waals surface area (Å²) in [6.45, 7) is 8.18. The van der Waals surface area contributed by atoms with Crippen LogP contribution in [0, 0.1) is 11.2 Å². The highest BCUT2D eigenvalue weighted by atomic mass is 19.1. The number of nitrogens with zero attached hydrogens (tertiary/aromatic N) is 1. The average Bonchev–Trinajstić information content (AvgIpc) is 2.89. The number of anilines is 1. The maximum absolute atomic E-state index is 15.7. The normalized spacial score (nSPS) is 12.2. The maximum atomic E-state index is 15.7. The van der Waals surface area contributed by atoms with Crippen LogP contribution < -0.4 is 10.2 Å². The highest BCUT2D eigenvalue weighted by molar-refractivity contribution is 6.25. The van der Waals surface area contributed by atoms with Gasteiger partial charge in [0.2, 0.25) is 0 Å². The van der Waals surface area contributed by atoms with E-state index in [0.717, 1.165) is 4.90 Å². The number of nitrogens with one attached hydrogen (secondary N) is 1. The Balaban J connectivity index is 1.96. The summed E-state index contributed by atoms with van der Waals surface area (Å²) in [7, 11) is 0. The lowest BCUT2D eigenvalue weighted by atomic mass is 9.84. The smallest absolute Gasteiger partial charge is 0.407 e. The molecule has 3 aromatic rings. The van der Waals surface area contributed by atoms with Gasteiger partial charge in [0.05, 0.1) is 11.1 Å². The van der Waals surface area contributed by atoms with E-state index in [4.69, 9.17) is 4.74 Å². The van der Waals surface area contributed by atoms with Gasteiger partial charge in [-0.25, -0.2) is 14.1 Å². The first-order chi connectivity index (χ1) is 19.2. The van der Waals surface area contributed by atoms with Crippen LogP contribution in [0.25, 0.3) is 0 Å². The zero-order valence-corrected chi connectivity index (χ0v) is 23.8. The topological polar surface area (TPSA) is 113 Å². The van der Waals surface area contributed by atoms with Crippen molar-refractivity contribution >= 4 is 29.6 Å². The Morgan fingerprint density at radius 2 is 1.37 bits per heavy atom. The van der Waals surface area contributed by atoms with E-state index in [0.29, 0.717) is 5.56 Å². The van der Waals surface area contributed by atoms with Crippen molar-refractivity contribution in [2.75, 3.05) is 4.90 Å². The van der Waals surface area contributed by atoms with Crippen LogP contribution >= 0.6 is 0 Å². The number of rotatable bonds is 9. The van der Waals surface area contributed by atoms with Gasteiger partial charge in [0.25, 0.3) is 11.8 Å². The zero-order chi connectivity index (χ0) is 30.4. The average molecular weight is 563 g/mol. The first-order valence-corrected chi connectivity index (χ1v) is 13.2. The molecule has 8 nitrogen and oxygen atoms in total. The second-order valence-corrected chi connectivity index (χ2v) is 11.4. The van der Waals surface area contributed by atoms with Crippen molar-refractivity contribution in [1.82, 2.24) is 5.32 Å². The molecule has 41 heavy (non-hydrogen) atoms. The number of aliphatic carboxylic acids is 1. The van der Waals surface area contributed by atoms with Gasteiger partial charge in [-0.05, 0) is 89.4 Å². The first-order valence-electron chi connectivity index (χ1n) is 13.2. The van der Waals surface area contributed by atoms with E-state index in [1.807, 2.05) is 0 Å². The van der Waals surface area contributed by atoms with Gasteiger partial charge in [0.1, 0.15) is 11.4 Å². The molecule has 0 fully saturated rings. The van der Waals surface area contributed by atoms with Crippen LogP contribution in [0.15, 0.2) is 78.9 Å². The molecule has 0 aromatic heterocycles. The molecular formula is C32H35FN2O6. The van der Waals surface area contributed by atoms with Gasteiger partial charge in [-0.3, -0.25) is 14.4 Å². The van der Waals surface area contributed by atoms with Crippen molar-refractivity contribution in [3.8, 4) is 0 Å². The van der Waals surface area contributed by atoms with Crippen LogP contribution in [0.2, 0.25) is 0 Å². The number of carbonyl (C=O) groups excluding carboxylic acids is 3. The Kier molecular flexibility index (Phi) is 9.65. The Labute approximate surface area is 239 Å². The first kappa shape index (κ1) is 31.0. The van der Waals surface area contributed by atoms with Crippen molar-refractivity contribution in [2.45, 2.75) is 59.1 Å². The van der Waals surface area contributed by atoms with E-state index in [-0.39, 0.29) is 29.7 Å². The van der Waals surface area contributed by atoms with Gasteiger partial charge in [-0.1, -0.05) is 42.5 Å². The lowest BCUT2D eigenvalue weighted by Gasteiger charge is -2.28. The molecule has 2 N–H and O–H groups in total. The number of carboxylic acids is 1. The zero-order valence-electron chi connectivity index (χ0n) is 23.8. The highest BCUT2D eigenvalue weighted by Gasteiger charge is 2.33. The number of hydrogen-bond acceptors (Lipinski definition) is 5. The molecule has 0 saturated carbocycles. The van der Waals surface area contributed by atoms with Crippen molar-refractivity contribution in [2.24, 2.45) is 5.41 Å². The Bertz CT molecular complexity index is 1350. The number of halogens is 1. The minimum atomic E-state index is -1.20. The Morgan fingerprint density at radius 1 is 0.854 bits per heavy atom. The lowest BCUT2D eigenvalue weighted by Crippen LogP contribution is -2.43. The van der Waals surface area contributed by atoms with Crippen molar-refractivity contribution in [1.29, 1.82) is 0 Å². The van der Waals surface area contributed by atoms with Crippen LogP contribution in [0.3, 0.4) is 0 Å². The SMILES string of the molecule is CC(C)(C)OC(=O)NC(Cc1ccc(N(C(=O)c2ccccc2)C(=O)c2ccccc2)c(F)c1)CC(C)(C)C(=O)O. The molecule has 1 unspecified atom stereocenters. The predicted molar refractivity (Wildman–Crippen MR) is 153 cm³/mol. The van der Waals surface area contributed by atoms with E-state index in [1.54, 1.807) is 63.2 Å². The number of carbonyl (C=O) groups is 4. The fourth-order valence-corrected chi connectivity index (χ4v) is 4.23. The summed E-state index contributed by atoms with van der Waals surface area (Å²) >= 11 is 0. The number of hydrogen-bond donors (Lipinski definition) is 2. The largest absolute Gasteiger partial charge is 0.481 e. The monoisotopic (exact) mass is 562 g/mol. The number of alkyl carbamates (subject to hydrolysis) is 1. The molecule has 0 aliphatic rings. The number of carboxylic acid groups (broad SMARTS) is 1. The fourth-order valence-electron chi connectivity index (χ4n) is 4.23. The summed E-state index contributed by atoms with van der Waals surface area (Å²) in [5.74, 6) is -3.27. The molecule has 0 aliphatic heterocycles. The maximum Gasteiger partial charge on any atom is 0.407 e. The molecule has 0 aliphatic carbocycles.